The summed E-state index contributed by atoms with van der Waals surface area (Å²) in [5.41, 5.74) is 0.508. The molecule has 0 spiro atoms. The molecule has 102 valence electrons. The van der Waals surface area contributed by atoms with E-state index in [2.05, 4.69) is 15.1 Å². The zero-order valence-corrected chi connectivity index (χ0v) is 11.5. The summed E-state index contributed by atoms with van der Waals surface area (Å²) in [6.45, 7) is 5.97. The summed E-state index contributed by atoms with van der Waals surface area (Å²) in [6, 6.07) is 0. The molecule has 0 amide bonds. The zero-order chi connectivity index (χ0) is 14.2. The molecule has 0 saturated carbocycles. The highest BCUT2D eigenvalue weighted by Gasteiger charge is 2.21. The fourth-order valence-electron chi connectivity index (χ4n) is 1.90. The van der Waals surface area contributed by atoms with Gasteiger partial charge in [-0.3, -0.25) is 4.79 Å². The third-order valence-electron chi connectivity index (χ3n) is 2.71. The molecule has 0 saturated heterocycles. The lowest BCUT2D eigenvalue weighted by atomic mass is 10.1. The van der Waals surface area contributed by atoms with E-state index in [0.717, 1.165) is 5.39 Å². The molecule has 0 fully saturated rings. The fraction of sp³-hybridized carbons (Fsp3) is 0.500. The number of aliphatic carboxylic acids is 1. The van der Waals surface area contributed by atoms with Gasteiger partial charge in [-0.2, -0.15) is 5.10 Å². The van der Waals surface area contributed by atoms with Gasteiger partial charge in [0.15, 0.2) is 5.65 Å². The van der Waals surface area contributed by atoms with Gasteiger partial charge >= 0.3 is 5.97 Å². The van der Waals surface area contributed by atoms with E-state index in [4.69, 9.17) is 5.11 Å². The summed E-state index contributed by atoms with van der Waals surface area (Å²) in [5.74, 6) is -0.333. The van der Waals surface area contributed by atoms with Crippen LogP contribution in [0.5, 0.6) is 0 Å². The summed E-state index contributed by atoms with van der Waals surface area (Å²) in [6.07, 6.45) is 3.11. The average molecular weight is 263 g/mol. The first-order valence-corrected chi connectivity index (χ1v) is 5.93. The Morgan fingerprint density at radius 3 is 2.68 bits per heavy atom. The Balaban J connectivity index is 2.53. The van der Waals surface area contributed by atoms with Crippen LogP contribution in [-0.2, 0) is 10.3 Å². The van der Waals surface area contributed by atoms with Crippen molar-refractivity contribution in [1.82, 2.24) is 19.7 Å². The summed E-state index contributed by atoms with van der Waals surface area (Å²) < 4.78 is 1.81. The van der Waals surface area contributed by atoms with Crippen molar-refractivity contribution in [1.29, 1.82) is 0 Å². The largest absolute Gasteiger partial charge is 0.480 e. The standard InChI is InChI=1S/C12H17N5O2/c1-12(2,3)17-11-8(5-15-17)10(13-7-14-11)16(4)6-9(18)19/h5,7H,6H2,1-4H3,(H,18,19). The minimum Gasteiger partial charge on any atom is -0.480 e. The molecule has 19 heavy (non-hydrogen) atoms. The molecule has 0 aliphatic heterocycles. The first-order valence-electron chi connectivity index (χ1n) is 5.93. The number of nitrogens with zero attached hydrogens (tertiary/aromatic N) is 5. The van der Waals surface area contributed by atoms with Crippen molar-refractivity contribution in [3.05, 3.63) is 12.5 Å². The Kier molecular flexibility index (Phi) is 3.13. The van der Waals surface area contributed by atoms with Gasteiger partial charge in [0, 0.05) is 7.05 Å². The van der Waals surface area contributed by atoms with Crippen LogP contribution in [0.15, 0.2) is 12.5 Å². The molecule has 0 aliphatic rings. The second kappa shape index (κ2) is 4.49. The van der Waals surface area contributed by atoms with Crippen LogP contribution in [0, 0.1) is 0 Å². The smallest absolute Gasteiger partial charge is 0.323 e. The van der Waals surface area contributed by atoms with E-state index >= 15 is 0 Å². The van der Waals surface area contributed by atoms with Gasteiger partial charge in [-0.25, -0.2) is 14.6 Å². The van der Waals surface area contributed by atoms with Crippen LogP contribution in [0.1, 0.15) is 20.8 Å². The second-order valence-electron chi connectivity index (χ2n) is 5.41. The van der Waals surface area contributed by atoms with Crippen LogP contribution in [0.3, 0.4) is 0 Å². The summed E-state index contributed by atoms with van der Waals surface area (Å²) in [5, 5.41) is 13.9. The van der Waals surface area contributed by atoms with Crippen molar-refractivity contribution in [3.8, 4) is 0 Å². The van der Waals surface area contributed by atoms with Crippen molar-refractivity contribution in [2.24, 2.45) is 0 Å². The van der Waals surface area contributed by atoms with Crippen LogP contribution in [0.25, 0.3) is 11.0 Å². The van der Waals surface area contributed by atoms with Crippen LogP contribution in [0.4, 0.5) is 5.82 Å². The number of hydrogen-bond donors (Lipinski definition) is 1. The number of aromatic nitrogens is 4. The highest BCUT2D eigenvalue weighted by molar-refractivity contribution is 5.88. The van der Waals surface area contributed by atoms with Crippen molar-refractivity contribution >= 4 is 22.8 Å². The van der Waals surface area contributed by atoms with Gasteiger partial charge in [-0.05, 0) is 20.8 Å². The maximum atomic E-state index is 10.8. The van der Waals surface area contributed by atoms with Crippen molar-refractivity contribution in [3.63, 3.8) is 0 Å². The van der Waals surface area contributed by atoms with Crippen LogP contribution >= 0.6 is 0 Å². The van der Waals surface area contributed by atoms with Gasteiger partial charge < -0.3 is 10.0 Å². The maximum absolute atomic E-state index is 10.8. The number of fused-ring (bicyclic) bond motifs is 1. The molecule has 2 heterocycles. The molecule has 0 radical (unpaired) electrons. The minimum atomic E-state index is -0.905. The molecule has 7 heteroatoms. The summed E-state index contributed by atoms with van der Waals surface area (Å²) >= 11 is 0. The molecular weight excluding hydrogens is 246 g/mol. The Bertz CT molecular complexity index is 614. The molecular formula is C12H17N5O2. The molecule has 2 aromatic rings. The van der Waals surface area contributed by atoms with Crippen LogP contribution in [-0.4, -0.2) is 44.4 Å². The molecule has 0 atom stereocenters. The van der Waals surface area contributed by atoms with Crippen molar-refractivity contribution < 1.29 is 9.90 Å². The lowest BCUT2D eigenvalue weighted by Gasteiger charge is -2.20. The topological polar surface area (TPSA) is 84.1 Å². The highest BCUT2D eigenvalue weighted by Crippen LogP contribution is 2.25. The van der Waals surface area contributed by atoms with E-state index < -0.39 is 5.97 Å². The maximum Gasteiger partial charge on any atom is 0.323 e. The van der Waals surface area contributed by atoms with E-state index in [0.29, 0.717) is 11.5 Å². The number of anilines is 1. The SMILES string of the molecule is CN(CC(=O)O)c1ncnc2c1cnn2C(C)(C)C. The lowest BCUT2D eigenvalue weighted by Crippen LogP contribution is -2.26. The van der Waals surface area contributed by atoms with E-state index in [-0.39, 0.29) is 12.1 Å². The quantitative estimate of drug-likeness (QED) is 0.892. The van der Waals surface area contributed by atoms with Crippen molar-refractivity contribution in [2.45, 2.75) is 26.3 Å². The molecule has 2 aromatic heterocycles. The van der Waals surface area contributed by atoms with Gasteiger partial charge in [0.25, 0.3) is 0 Å². The van der Waals surface area contributed by atoms with Crippen LogP contribution in [0.2, 0.25) is 0 Å². The van der Waals surface area contributed by atoms with Crippen LogP contribution < -0.4 is 4.90 Å². The number of carbonyl (C=O) groups is 1. The van der Waals surface area contributed by atoms with Gasteiger partial charge in [0.05, 0.1) is 17.1 Å². The van der Waals surface area contributed by atoms with Gasteiger partial charge in [-0.15, -0.1) is 0 Å². The highest BCUT2D eigenvalue weighted by atomic mass is 16.4. The minimum absolute atomic E-state index is 0.118. The third-order valence-corrected chi connectivity index (χ3v) is 2.71. The summed E-state index contributed by atoms with van der Waals surface area (Å²) in [7, 11) is 1.68. The number of likely N-dealkylation sites (N-methyl/N-ethyl adjacent to an activating group) is 1. The zero-order valence-electron chi connectivity index (χ0n) is 11.5. The first-order chi connectivity index (χ1) is 8.80. The van der Waals surface area contributed by atoms with Gasteiger partial charge in [0.2, 0.25) is 0 Å². The molecule has 1 N–H and O–H groups in total. The summed E-state index contributed by atoms with van der Waals surface area (Å²) in [4.78, 5) is 20.7. The van der Waals surface area contributed by atoms with E-state index in [1.807, 2.05) is 25.5 Å². The third kappa shape index (κ3) is 2.49. The lowest BCUT2D eigenvalue weighted by molar-refractivity contribution is -0.135. The fourth-order valence-corrected chi connectivity index (χ4v) is 1.90. The molecule has 0 aliphatic carbocycles. The molecule has 7 nitrogen and oxygen atoms in total. The molecule has 0 unspecified atom stereocenters. The Labute approximate surface area is 110 Å². The number of rotatable bonds is 3. The predicted molar refractivity (Wildman–Crippen MR) is 71.2 cm³/mol. The van der Waals surface area contributed by atoms with Gasteiger partial charge in [0.1, 0.15) is 18.7 Å². The molecule has 2 rings (SSSR count). The van der Waals surface area contributed by atoms with Gasteiger partial charge in [-0.1, -0.05) is 0 Å². The number of hydrogen-bond acceptors (Lipinski definition) is 5. The number of carboxylic acid groups (broad SMARTS) is 1. The van der Waals surface area contributed by atoms with E-state index in [9.17, 15) is 4.79 Å². The predicted octanol–water partition coefficient (Wildman–Crippen LogP) is 1.10. The molecule has 0 bridgehead atoms. The second-order valence-corrected chi connectivity index (χ2v) is 5.41. The normalized spacial score (nSPS) is 11.8. The Morgan fingerprint density at radius 1 is 1.42 bits per heavy atom. The Morgan fingerprint density at radius 2 is 2.11 bits per heavy atom. The average Bonchev–Trinajstić information content (AvgIpc) is 2.70. The number of carboxylic acids is 1. The monoisotopic (exact) mass is 263 g/mol. The first kappa shape index (κ1) is 13.3. The van der Waals surface area contributed by atoms with Crippen molar-refractivity contribution in [2.75, 3.05) is 18.5 Å². The van der Waals surface area contributed by atoms with E-state index in [1.165, 1.54) is 6.33 Å². The Hall–Kier alpha value is -2.18. The van der Waals surface area contributed by atoms with E-state index in [1.54, 1.807) is 18.1 Å². The molecule has 0 aromatic carbocycles.